The minimum atomic E-state index is -1.62. The van der Waals surface area contributed by atoms with Gasteiger partial charge in [0, 0.05) is 10.0 Å². The van der Waals surface area contributed by atoms with Gasteiger partial charge >= 0.3 is 5.97 Å². The van der Waals surface area contributed by atoms with E-state index in [0.29, 0.717) is 32.3 Å². The van der Waals surface area contributed by atoms with Gasteiger partial charge < -0.3 is 5.11 Å². The zero-order valence-corrected chi connectivity index (χ0v) is 26.7. The molecule has 234 valence electrons. The number of halogens is 2. The van der Waals surface area contributed by atoms with Crippen molar-refractivity contribution in [3.8, 4) is 0 Å². The minimum absolute atomic E-state index is 0.0721. The maximum absolute atomic E-state index is 15.9. The summed E-state index contributed by atoms with van der Waals surface area (Å²) in [5, 5.41) is 10.7. The van der Waals surface area contributed by atoms with Crippen LogP contribution in [0.2, 0.25) is 10.0 Å². The molecule has 2 aliphatic carbocycles. The number of carbonyl (C=O) groups is 4. The molecule has 1 heterocycles. The number of imide groups is 1. The summed E-state index contributed by atoms with van der Waals surface area (Å²) in [4.78, 5) is 59.0. The molecule has 6 nitrogen and oxygen atoms in total. The van der Waals surface area contributed by atoms with Crippen LogP contribution in [0, 0.1) is 11.8 Å². The van der Waals surface area contributed by atoms with Crippen LogP contribution in [0.3, 0.4) is 0 Å². The smallest absolute Gasteiger partial charge is 0.335 e. The number of fused-ring (bicyclic) bond motifs is 5. The fraction of sp³-hybridized carbons (Fsp3) is 0.100. The summed E-state index contributed by atoms with van der Waals surface area (Å²) >= 11 is 12.8. The maximum atomic E-state index is 15.9. The van der Waals surface area contributed by atoms with E-state index >= 15 is 14.4 Å². The lowest BCUT2D eigenvalue weighted by molar-refractivity contribution is -0.130. The van der Waals surface area contributed by atoms with E-state index in [1.807, 2.05) is 60.7 Å². The number of benzene rings is 5. The second kappa shape index (κ2) is 10.9. The Bertz CT molecular complexity index is 2070. The molecule has 1 aliphatic heterocycles. The first-order valence-electron chi connectivity index (χ1n) is 15.4. The molecule has 48 heavy (non-hydrogen) atoms. The Labute approximate surface area is 285 Å². The average molecular weight is 671 g/mol. The maximum Gasteiger partial charge on any atom is 0.335 e. The van der Waals surface area contributed by atoms with Crippen molar-refractivity contribution in [2.45, 2.75) is 10.8 Å². The molecule has 8 rings (SSSR count). The van der Waals surface area contributed by atoms with E-state index < -0.39 is 40.4 Å². The molecule has 1 saturated heterocycles. The number of carboxylic acid groups (broad SMARTS) is 1. The number of carboxylic acids is 1. The Morgan fingerprint density at radius 1 is 0.583 bits per heavy atom. The summed E-state index contributed by atoms with van der Waals surface area (Å²) in [5.41, 5.74) is 0.648. The summed E-state index contributed by atoms with van der Waals surface area (Å²) in [5.74, 6) is -4.95. The van der Waals surface area contributed by atoms with E-state index in [4.69, 9.17) is 23.2 Å². The number of anilines is 1. The lowest BCUT2D eigenvalue weighted by Crippen LogP contribution is -2.45. The van der Waals surface area contributed by atoms with Crippen molar-refractivity contribution in [2.75, 3.05) is 4.90 Å². The van der Waals surface area contributed by atoms with E-state index in [0.717, 1.165) is 16.0 Å². The fourth-order valence-corrected chi connectivity index (χ4v) is 8.64. The summed E-state index contributed by atoms with van der Waals surface area (Å²) in [7, 11) is 0. The number of Topliss-reactive ketones (excluding diaryl/α,β-unsaturated/α-hetero) is 1. The van der Waals surface area contributed by atoms with Crippen LogP contribution < -0.4 is 4.90 Å². The molecular formula is C40H25Cl2NO5. The van der Waals surface area contributed by atoms with Gasteiger partial charge in [0.25, 0.3) is 0 Å². The zero-order valence-electron chi connectivity index (χ0n) is 25.1. The summed E-state index contributed by atoms with van der Waals surface area (Å²) < 4.78 is 0. The highest BCUT2D eigenvalue weighted by Gasteiger charge is 2.82. The summed E-state index contributed by atoms with van der Waals surface area (Å²) in [6.45, 7) is 0. The van der Waals surface area contributed by atoms with Gasteiger partial charge in [0.05, 0.1) is 33.9 Å². The number of nitrogens with zero attached hydrogens (tertiary/aromatic N) is 1. The van der Waals surface area contributed by atoms with Gasteiger partial charge in [-0.25, -0.2) is 9.69 Å². The second-order valence-corrected chi connectivity index (χ2v) is 13.1. The molecule has 8 heteroatoms. The molecule has 3 aliphatic rings. The molecule has 0 unspecified atom stereocenters. The van der Waals surface area contributed by atoms with Gasteiger partial charge in [-0.2, -0.15) is 0 Å². The number of hydrogen-bond donors (Lipinski definition) is 1. The highest BCUT2D eigenvalue weighted by Crippen LogP contribution is 2.74. The number of ketones is 1. The molecule has 0 aromatic heterocycles. The molecule has 2 bridgehead atoms. The van der Waals surface area contributed by atoms with Crippen molar-refractivity contribution in [1.82, 2.24) is 0 Å². The van der Waals surface area contributed by atoms with Crippen LogP contribution in [0.25, 0.3) is 11.1 Å². The minimum Gasteiger partial charge on any atom is -0.478 e. The van der Waals surface area contributed by atoms with Gasteiger partial charge in [0.2, 0.25) is 11.8 Å². The quantitative estimate of drug-likeness (QED) is 0.186. The number of rotatable bonds is 6. The molecule has 2 fully saturated rings. The van der Waals surface area contributed by atoms with Gasteiger partial charge in [-0.15, -0.1) is 0 Å². The monoisotopic (exact) mass is 669 g/mol. The van der Waals surface area contributed by atoms with Crippen molar-refractivity contribution in [1.29, 1.82) is 0 Å². The van der Waals surface area contributed by atoms with E-state index in [1.165, 1.54) is 18.2 Å². The molecule has 5 aromatic rings. The normalized spacial score (nSPS) is 24.4. The zero-order chi connectivity index (χ0) is 33.4. The van der Waals surface area contributed by atoms with Crippen molar-refractivity contribution >= 4 is 63.6 Å². The highest BCUT2D eigenvalue weighted by molar-refractivity contribution is 6.39. The van der Waals surface area contributed by atoms with Crippen molar-refractivity contribution in [2.24, 2.45) is 11.8 Å². The number of allylic oxidation sites excluding steroid dienone is 2. The van der Waals surface area contributed by atoms with Crippen LogP contribution in [0.1, 0.15) is 32.6 Å². The standard InChI is InChI=1S/C40H25Cl2NO5/c41-28-18-14-26(15-19-28)39-31(23-8-3-1-4-9-23)32(24-10-5-2-6-11-24)40(38(39)48,27-16-20-29(42)21-17-27)34-33(39)35(44)43(36(34)45)30-13-7-12-25(22-30)37(46)47/h1-22,33-34H,(H,46,47)/t33-,34+,39-,40-/m1/s1. The number of amides is 2. The molecule has 5 aromatic carbocycles. The van der Waals surface area contributed by atoms with Crippen molar-refractivity contribution in [3.63, 3.8) is 0 Å². The van der Waals surface area contributed by atoms with Gasteiger partial charge in [0.15, 0.2) is 5.78 Å². The number of carbonyl (C=O) groups excluding carboxylic acids is 3. The van der Waals surface area contributed by atoms with Crippen LogP contribution in [0.15, 0.2) is 133 Å². The van der Waals surface area contributed by atoms with E-state index in [1.54, 1.807) is 54.6 Å². The Morgan fingerprint density at radius 3 is 1.44 bits per heavy atom. The number of aromatic carboxylic acids is 1. The van der Waals surface area contributed by atoms with E-state index in [9.17, 15) is 9.90 Å². The first kappa shape index (κ1) is 30.1. The predicted molar refractivity (Wildman–Crippen MR) is 184 cm³/mol. The van der Waals surface area contributed by atoms with Gasteiger partial charge in [-0.1, -0.05) is 114 Å². The van der Waals surface area contributed by atoms with Crippen molar-refractivity contribution < 1.29 is 24.3 Å². The van der Waals surface area contributed by atoms with Crippen LogP contribution in [0.4, 0.5) is 5.69 Å². The second-order valence-electron chi connectivity index (χ2n) is 12.3. The number of hydrogen-bond acceptors (Lipinski definition) is 4. The molecule has 2 amide bonds. The Hall–Kier alpha value is -5.30. The Balaban J connectivity index is 1.54. The largest absolute Gasteiger partial charge is 0.478 e. The summed E-state index contributed by atoms with van der Waals surface area (Å²) in [6, 6.07) is 38.5. The van der Waals surface area contributed by atoms with Crippen LogP contribution in [-0.4, -0.2) is 28.7 Å². The molecule has 4 atom stereocenters. The fourth-order valence-electron chi connectivity index (χ4n) is 8.39. The van der Waals surface area contributed by atoms with Crippen molar-refractivity contribution in [3.05, 3.63) is 171 Å². The molecule has 0 radical (unpaired) electrons. The van der Waals surface area contributed by atoms with Gasteiger partial charge in [0.1, 0.15) is 0 Å². The van der Waals surface area contributed by atoms with Crippen LogP contribution in [-0.2, 0) is 25.2 Å². The molecule has 0 spiro atoms. The Morgan fingerprint density at radius 2 is 1.02 bits per heavy atom. The van der Waals surface area contributed by atoms with E-state index in [2.05, 4.69) is 0 Å². The third-order valence-corrected chi connectivity index (χ3v) is 10.6. The third kappa shape index (κ3) is 3.87. The first-order chi connectivity index (χ1) is 23.2. The predicted octanol–water partition coefficient (Wildman–Crippen LogP) is 7.88. The molecule has 1 saturated carbocycles. The first-order valence-corrected chi connectivity index (χ1v) is 16.1. The Kier molecular flexibility index (Phi) is 6.81. The lowest BCUT2D eigenvalue weighted by Gasteiger charge is -2.39. The van der Waals surface area contributed by atoms with E-state index in [-0.39, 0.29) is 17.0 Å². The molecule has 1 N–H and O–H groups in total. The van der Waals surface area contributed by atoms with Gasteiger partial charge in [-0.3, -0.25) is 14.4 Å². The summed E-state index contributed by atoms with van der Waals surface area (Å²) in [6.07, 6.45) is 0. The highest BCUT2D eigenvalue weighted by atomic mass is 35.5. The SMILES string of the molecule is O=C(O)c1cccc(N2C(=O)[C@@H]3[C@H](C2=O)[C@]2(c4ccc(Cl)cc4)C(=O)[C@]3(c3ccc(Cl)cc3)C(c3ccccc3)=C2c2ccccc2)c1. The average Bonchev–Trinajstić information content (AvgIpc) is 3.61. The molecular weight excluding hydrogens is 645 g/mol. The topological polar surface area (TPSA) is 91.8 Å². The third-order valence-electron chi connectivity index (χ3n) is 10.1. The van der Waals surface area contributed by atoms with Crippen LogP contribution in [0.5, 0.6) is 0 Å². The lowest BCUT2D eigenvalue weighted by atomic mass is 9.59. The van der Waals surface area contributed by atoms with Gasteiger partial charge in [-0.05, 0) is 75.9 Å². The van der Waals surface area contributed by atoms with Crippen LogP contribution >= 0.6 is 23.2 Å².